The van der Waals surface area contributed by atoms with Crippen LogP contribution >= 0.6 is 11.8 Å². The minimum atomic E-state index is -0.0197. The summed E-state index contributed by atoms with van der Waals surface area (Å²) in [6.45, 7) is 8.18. The molecule has 2 aromatic rings. The van der Waals surface area contributed by atoms with Crippen molar-refractivity contribution in [3.05, 3.63) is 59.7 Å². The van der Waals surface area contributed by atoms with E-state index < -0.39 is 0 Å². The molecule has 3 nitrogen and oxygen atoms in total. The molecular formula is C61H104O3S. The van der Waals surface area contributed by atoms with E-state index in [1.807, 2.05) is 36.0 Å². The largest absolute Gasteiger partial charge is 0.493 e. The molecule has 0 fully saturated rings. The molecule has 0 saturated carbocycles. The number of carbonyl (C=O) groups excluding carboxylic acids is 1. The maximum Gasteiger partial charge on any atom is 0.186 e. The number of thioether (sulfide) groups is 1. The molecule has 2 aromatic carbocycles. The number of hydrogen-bond acceptors (Lipinski definition) is 4. The second kappa shape index (κ2) is 45.6. The van der Waals surface area contributed by atoms with Gasteiger partial charge < -0.3 is 9.47 Å². The van der Waals surface area contributed by atoms with Crippen molar-refractivity contribution in [2.45, 2.75) is 282 Å². The lowest BCUT2D eigenvalue weighted by atomic mass is 10.0. The summed E-state index contributed by atoms with van der Waals surface area (Å²) < 4.78 is 12.5. The van der Waals surface area contributed by atoms with Gasteiger partial charge in [-0.25, -0.2) is 0 Å². The highest BCUT2D eigenvalue weighted by Crippen LogP contribution is 2.26. The topological polar surface area (TPSA) is 35.5 Å². The number of rotatable bonds is 49. The highest BCUT2D eigenvalue weighted by atomic mass is 32.2. The molecule has 0 spiro atoms. The SMILES string of the molecule is CCCCCCCCCCCCCCCCCCCCCOc1cc(OCCCCCCCCCCCCCCCCCCCCC)cc(C(=O)C=Cc2ccc(SCCCC)cc2)c1. The Balaban J connectivity index is 1.64. The lowest BCUT2D eigenvalue weighted by Gasteiger charge is -2.12. The van der Waals surface area contributed by atoms with E-state index in [1.165, 1.54) is 249 Å². The highest BCUT2D eigenvalue weighted by molar-refractivity contribution is 7.99. The Morgan fingerprint density at radius 3 is 1.03 bits per heavy atom. The zero-order valence-corrected chi connectivity index (χ0v) is 44.1. The summed E-state index contributed by atoms with van der Waals surface area (Å²) >= 11 is 1.90. The Morgan fingerprint density at radius 1 is 0.400 bits per heavy atom. The summed E-state index contributed by atoms with van der Waals surface area (Å²) in [4.78, 5) is 14.8. The van der Waals surface area contributed by atoms with Gasteiger partial charge in [0.1, 0.15) is 11.5 Å². The van der Waals surface area contributed by atoms with Gasteiger partial charge in [-0.3, -0.25) is 4.79 Å². The van der Waals surface area contributed by atoms with Crippen molar-refractivity contribution in [1.29, 1.82) is 0 Å². The lowest BCUT2D eigenvalue weighted by molar-refractivity contribution is 0.104. The third kappa shape index (κ3) is 36.5. The van der Waals surface area contributed by atoms with Crippen molar-refractivity contribution in [2.75, 3.05) is 19.0 Å². The Hall–Kier alpha value is -2.20. The molecule has 0 aliphatic heterocycles. The average Bonchev–Trinajstić information content (AvgIpc) is 3.32. The third-order valence-electron chi connectivity index (χ3n) is 13.3. The summed E-state index contributed by atoms with van der Waals surface area (Å²) in [7, 11) is 0. The molecule has 0 heterocycles. The summed E-state index contributed by atoms with van der Waals surface area (Å²) in [5, 5.41) is 0. The van der Waals surface area contributed by atoms with Crippen LogP contribution in [-0.2, 0) is 0 Å². The third-order valence-corrected chi connectivity index (χ3v) is 14.4. The van der Waals surface area contributed by atoms with Gasteiger partial charge in [-0.05, 0) is 60.9 Å². The fourth-order valence-corrected chi connectivity index (χ4v) is 9.90. The molecule has 0 unspecified atom stereocenters. The van der Waals surface area contributed by atoms with E-state index >= 15 is 0 Å². The fraction of sp³-hybridized carbons (Fsp3) is 0.754. The molecule has 65 heavy (non-hydrogen) atoms. The number of allylic oxidation sites excluding steroid dienone is 1. The van der Waals surface area contributed by atoms with Crippen molar-refractivity contribution in [3.8, 4) is 11.5 Å². The van der Waals surface area contributed by atoms with Crippen molar-refractivity contribution < 1.29 is 14.3 Å². The zero-order valence-electron chi connectivity index (χ0n) is 43.2. The van der Waals surface area contributed by atoms with Crippen LogP contribution in [0.1, 0.15) is 294 Å². The van der Waals surface area contributed by atoms with E-state index in [1.54, 1.807) is 6.08 Å². The first-order valence-electron chi connectivity index (χ1n) is 28.5. The minimum absolute atomic E-state index is 0.0197. The van der Waals surface area contributed by atoms with E-state index in [4.69, 9.17) is 9.47 Å². The van der Waals surface area contributed by atoms with Gasteiger partial charge in [0.2, 0.25) is 0 Å². The monoisotopic (exact) mass is 917 g/mol. The second-order valence-corrected chi connectivity index (χ2v) is 20.8. The predicted octanol–water partition coefficient (Wildman–Crippen LogP) is 21.1. The van der Waals surface area contributed by atoms with Gasteiger partial charge in [0.15, 0.2) is 5.78 Å². The molecule has 0 aromatic heterocycles. The first-order chi connectivity index (χ1) is 32.2. The van der Waals surface area contributed by atoms with Crippen molar-refractivity contribution in [2.24, 2.45) is 0 Å². The molecule has 0 aliphatic carbocycles. The Morgan fingerprint density at radius 2 is 0.708 bits per heavy atom. The van der Waals surface area contributed by atoms with Crippen molar-refractivity contribution in [3.63, 3.8) is 0 Å². The van der Waals surface area contributed by atoms with Crippen LogP contribution in [0, 0.1) is 0 Å². The average molecular weight is 918 g/mol. The van der Waals surface area contributed by atoms with E-state index in [-0.39, 0.29) is 5.78 Å². The maximum atomic E-state index is 13.5. The number of hydrogen-bond donors (Lipinski definition) is 0. The fourth-order valence-electron chi connectivity index (χ4n) is 8.90. The van der Waals surface area contributed by atoms with Crippen LogP contribution in [0.4, 0.5) is 0 Å². The van der Waals surface area contributed by atoms with E-state index in [0.29, 0.717) is 18.8 Å². The molecule has 0 N–H and O–H groups in total. The second-order valence-electron chi connectivity index (χ2n) is 19.6. The summed E-state index contributed by atoms with van der Waals surface area (Å²) in [5.74, 6) is 2.60. The molecule has 2 rings (SSSR count). The number of unbranched alkanes of at least 4 members (excludes halogenated alkanes) is 37. The Labute approximate surface area is 408 Å². The quantitative estimate of drug-likeness (QED) is 0.0287. The van der Waals surface area contributed by atoms with Gasteiger partial charge in [0.25, 0.3) is 0 Å². The van der Waals surface area contributed by atoms with Crippen LogP contribution in [0.2, 0.25) is 0 Å². The normalized spacial score (nSPS) is 11.6. The minimum Gasteiger partial charge on any atom is -0.493 e. The predicted molar refractivity (Wildman–Crippen MR) is 290 cm³/mol. The van der Waals surface area contributed by atoms with Gasteiger partial charge in [-0.2, -0.15) is 0 Å². The van der Waals surface area contributed by atoms with Crippen LogP contribution in [-0.4, -0.2) is 24.7 Å². The Kier molecular flexibility index (Phi) is 41.3. The molecule has 0 bridgehead atoms. The highest BCUT2D eigenvalue weighted by Gasteiger charge is 2.10. The van der Waals surface area contributed by atoms with Gasteiger partial charge >= 0.3 is 0 Å². The summed E-state index contributed by atoms with van der Waals surface area (Å²) in [5.41, 5.74) is 1.66. The van der Waals surface area contributed by atoms with Crippen LogP contribution < -0.4 is 9.47 Å². The number of benzene rings is 2. The summed E-state index contributed by atoms with van der Waals surface area (Å²) in [6.07, 6.45) is 58.4. The first-order valence-corrected chi connectivity index (χ1v) is 29.5. The van der Waals surface area contributed by atoms with E-state index in [0.717, 1.165) is 35.7 Å². The zero-order chi connectivity index (χ0) is 46.4. The number of ether oxygens (including phenoxy) is 2. The number of ketones is 1. The van der Waals surface area contributed by atoms with E-state index in [9.17, 15) is 4.79 Å². The molecule has 4 heteroatoms. The van der Waals surface area contributed by atoms with Gasteiger partial charge in [0, 0.05) is 16.5 Å². The molecule has 0 atom stereocenters. The molecular weight excluding hydrogens is 813 g/mol. The molecule has 0 amide bonds. The Bertz CT molecular complexity index is 1290. The van der Waals surface area contributed by atoms with Crippen LogP contribution in [0.25, 0.3) is 6.08 Å². The summed E-state index contributed by atoms with van der Waals surface area (Å²) in [6, 6.07) is 14.3. The van der Waals surface area contributed by atoms with Crippen molar-refractivity contribution in [1.82, 2.24) is 0 Å². The van der Waals surface area contributed by atoms with Gasteiger partial charge in [-0.15, -0.1) is 11.8 Å². The van der Waals surface area contributed by atoms with Crippen LogP contribution in [0.5, 0.6) is 11.5 Å². The molecule has 0 radical (unpaired) electrons. The van der Waals surface area contributed by atoms with Crippen molar-refractivity contribution >= 4 is 23.6 Å². The van der Waals surface area contributed by atoms with Crippen LogP contribution in [0.3, 0.4) is 0 Å². The molecule has 0 aliphatic rings. The molecule has 372 valence electrons. The maximum absolute atomic E-state index is 13.5. The van der Waals surface area contributed by atoms with Gasteiger partial charge in [0.05, 0.1) is 13.2 Å². The van der Waals surface area contributed by atoms with Gasteiger partial charge in [-0.1, -0.05) is 277 Å². The lowest BCUT2D eigenvalue weighted by Crippen LogP contribution is -2.03. The van der Waals surface area contributed by atoms with E-state index in [2.05, 4.69) is 45.0 Å². The first kappa shape index (κ1) is 58.9. The standard InChI is InChI=1S/C61H104O3S/c1-4-7-10-12-14-16-18-20-22-24-26-28-30-32-34-36-38-40-42-50-63-58-53-57(61(62)49-46-56-44-47-60(48-45-56)65-52-9-6-3)54-59(55-58)64-51-43-41-39-37-35-33-31-29-27-25-23-21-19-17-15-13-11-8-5-2/h44-49,53-55H,4-43,50-52H2,1-3H3. The van der Waals surface area contributed by atoms with Crippen LogP contribution in [0.15, 0.2) is 53.4 Å². The molecule has 0 saturated heterocycles. The smallest absolute Gasteiger partial charge is 0.186 e. The number of carbonyl (C=O) groups is 1.